The molecule has 0 bridgehead atoms. The van der Waals surface area contributed by atoms with Crippen molar-refractivity contribution in [2.45, 2.75) is 38.1 Å². The topological polar surface area (TPSA) is 86.7 Å². The number of Topliss-reactive ketones (excluding diaryl/α,β-unsaturated/α-hetero) is 1. The van der Waals surface area contributed by atoms with E-state index < -0.39 is 12.0 Å². The molecule has 6 nitrogen and oxygen atoms in total. The van der Waals surface area contributed by atoms with E-state index in [1.54, 1.807) is 11.8 Å². The Balaban J connectivity index is 2.20. The minimum atomic E-state index is -0.980. The molecule has 1 aliphatic heterocycles. The summed E-state index contributed by atoms with van der Waals surface area (Å²) in [5.41, 5.74) is 0. The summed E-state index contributed by atoms with van der Waals surface area (Å²) in [7, 11) is 0. The van der Waals surface area contributed by atoms with Crippen LogP contribution < -0.4 is 5.32 Å². The summed E-state index contributed by atoms with van der Waals surface area (Å²) < 4.78 is 0. The molecule has 0 aromatic carbocycles. The van der Waals surface area contributed by atoms with Crippen LogP contribution in [-0.2, 0) is 14.4 Å². The molecule has 0 aromatic heterocycles. The first-order valence-electron chi connectivity index (χ1n) is 7.28. The fourth-order valence-electron chi connectivity index (χ4n) is 2.25. The Hall–Kier alpha value is -1.08. The minimum Gasteiger partial charge on any atom is -0.480 e. The molecule has 0 saturated carbocycles. The van der Waals surface area contributed by atoms with E-state index in [1.165, 1.54) is 0 Å². The van der Waals surface area contributed by atoms with Gasteiger partial charge in [0.05, 0.1) is 0 Å². The lowest BCUT2D eigenvalue weighted by Gasteiger charge is -2.25. The van der Waals surface area contributed by atoms with Gasteiger partial charge in [0.25, 0.3) is 0 Å². The zero-order chi connectivity index (χ0) is 15.7. The van der Waals surface area contributed by atoms with Crippen LogP contribution in [0.2, 0.25) is 0 Å². The van der Waals surface area contributed by atoms with Crippen LogP contribution in [0.15, 0.2) is 0 Å². The average Bonchev–Trinajstić information content (AvgIpc) is 2.45. The van der Waals surface area contributed by atoms with Gasteiger partial charge in [-0.15, -0.1) is 0 Å². The van der Waals surface area contributed by atoms with Crippen LogP contribution in [0.25, 0.3) is 0 Å². The molecule has 0 aromatic rings. The SMILES string of the molecule is CSCCC(NC(=O)CCCN1CCC(=O)CC1)C(=O)O. The summed E-state index contributed by atoms with van der Waals surface area (Å²) in [4.78, 5) is 36.1. The Morgan fingerprint density at radius 3 is 2.62 bits per heavy atom. The smallest absolute Gasteiger partial charge is 0.326 e. The number of likely N-dealkylation sites (tertiary alicyclic amines) is 1. The zero-order valence-electron chi connectivity index (χ0n) is 12.5. The van der Waals surface area contributed by atoms with E-state index in [-0.39, 0.29) is 5.91 Å². The predicted molar refractivity (Wildman–Crippen MR) is 82.5 cm³/mol. The van der Waals surface area contributed by atoms with Crippen molar-refractivity contribution in [3.8, 4) is 0 Å². The number of rotatable bonds is 9. The molecule has 0 radical (unpaired) electrons. The molecule has 1 rings (SSSR count). The number of aliphatic carboxylic acids is 1. The summed E-state index contributed by atoms with van der Waals surface area (Å²) in [6, 6.07) is -0.794. The summed E-state index contributed by atoms with van der Waals surface area (Å²) in [6.45, 7) is 2.32. The highest BCUT2D eigenvalue weighted by atomic mass is 32.2. The van der Waals surface area contributed by atoms with Gasteiger partial charge in [-0.2, -0.15) is 11.8 Å². The van der Waals surface area contributed by atoms with Gasteiger partial charge in [-0.25, -0.2) is 4.79 Å². The molecule has 1 fully saturated rings. The van der Waals surface area contributed by atoms with E-state index in [0.717, 1.165) is 19.6 Å². The monoisotopic (exact) mass is 316 g/mol. The van der Waals surface area contributed by atoms with Crippen molar-refractivity contribution in [2.75, 3.05) is 31.6 Å². The highest BCUT2D eigenvalue weighted by molar-refractivity contribution is 7.98. The number of hydrogen-bond donors (Lipinski definition) is 2. The van der Waals surface area contributed by atoms with Crippen molar-refractivity contribution in [2.24, 2.45) is 0 Å². The second-order valence-corrected chi connectivity index (χ2v) is 6.21. The molecule has 7 heteroatoms. The minimum absolute atomic E-state index is 0.211. The molecule has 21 heavy (non-hydrogen) atoms. The molecule has 2 N–H and O–H groups in total. The summed E-state index contributed by atoms with van der Waals surface area (Å²) in [6.07, 6.45) is 4.56. The second kappa shape index (κ2) is 9.78. The fraction of sp³-hybridized carbons (Fsp3) is 0.786. The number of carbonyl (C=O) groups excluding carboxylic acids is 2. The number of carbonyl (C=O) groups is 3. The molecule has 1 heterocycles. The molecular weight excluding hydrogens is 292 g/mol. The third kappa shape index (κ3) is 7.47. The Bertz CT molecular complexity index is 366. The van der Waals surface area contributed by atoms with Crippen molar-refractivity contribution in [3.05, 3.63) is 0 Å². The van der Waals surface area contributed by atoms with Gasteiger partial charge in [0.15, 0.2) is 0 Å². The normalized spacial score (nSPS) is 17.5. The van der Waals surface area contributed by atoms with E-state index >= 15 is 0 Å². The van der Waals surface area contributed by atoms with E-state index in [9.17, 15) is 14.4 Å². The number of nitrogens with one attached hydrogen (secondary N) is 1. The van der Waals surface area contributed by atoms with E-state index in [2.05, 4.69) is 10.2 Å². The van der Waals surface area contributed by atoms with Crippen LogP contribution in [-0.4, -0.2) is 65.4 Å². The highest BCUT2D eigenvalue weighted by Gasteiger charge is 2.20. The van der Waals surface area contributed by atoms with E-state index in [4.69, 9.17) is 5.11 Å². The van der Waals surface area contributed by atoms with Gasteiger partial charge in [-0.1, -0.05) is 0 Å². The summed E-state index contributed by atoms with van der Waals surface area (Å²) in [5.74, 6) is -0.176. The molecule has 1 aliphatic rings. The lowest BCUT2D eigenvalue weighted by molar-refractivity contribution is -0.141. The number of carboxylic acid groups (broad SMARTS) is 1. The van der Waals surface area contributed by atoms with Crippen molar-refractivity contribution >= 4 is 29.4 Å². The second-order valence-electron chi connectivity index (χ2n) is 5.22. The first kappa shape index (κ1) is 18.0. The first-order valence-corrected chi connectivity index (χ1v) is 8.67. The quantitative estimate of drug-likeness (QED) is 0.653. The number of amides is 1. The van der Waals surface area contributed by atoms with Gasteiger partial charge in [-0.3, -0.25) is 9.59 Å². The zero-order valence-corrected chi connectivity index (χ0v) is 13.3. The van der Waals surface area contributed by atoms with Gasteiger partial charge in [0.1, 0.15) is 11.8 Å². The Labute approximate surface area is 129 Å². The van der Waals surface area contributed by atoms with Crippen LogP contribution in [0.1, 0.15) is 32.1 Å². The van der Waals surface area contributed by atoms with Crippen LogP contribution >= 0.6 is 11.8 Å². The Morgan fingerprint density at radius 2 is 2.05 bits per heavy atom. The van der Waals surface area contributed by atoms with E-state index in [0.29, 0.717) is 43.6 Å². The predicted octanol–water partition coefficient (Wildman–Crippen LogP) is 0.754. The number of ketones is 1. The van der Waals surface area contributed by atoms with Crippen LogP contribution in [0.5, 0.6) is 0 Å². The third-order valence-corrected chi connectivity index (χ3v) is 4.18. The standard InChI is InChI=1S/C14H24N2O4S/c1-21-10-6-12(14(19)20)15-13(18)3-2-7-16-8-4-11(17)5-9-16/h12H,2-10H2,1H3,(H,15,18)(H,19,20). The molecule has 120 valence electrons. The molecule has 0 aliphatic carbocycles. The number of thioether (sulfide) groups is 1. The van der Waals surface area contributed by atoms with Gasteiger partial charge in [0, 0.05) is 32.4 Å². The number of piperidine rings is 1. The maximum absolute atomic E-state index is 11.8. The molecular formula is C14H24N2O4S. The van der Waals surface area contributed by atoms with Gasteiger partial charge < -0.3 is 15.3 Å². The van der Waals surface area contributed by atoms with Crippen molar-refractivity contribution in [3.63, 3.8) is 0 Å². The molecule has 1 atom stereocenters. The molecule has 0 spiro atoms. The summed E-state index contributed by atoms with van der Waals surface area (Å²) in [5, 5.41) is 11.6. The number of hydrogen-bond acceptors (Lipinski definition) is 5. The summed E-state index contributed by atoms with van der Waals surface area (Å²) >= 11 is 1.56. The number of carboxylic acids is 1. The molecule has 1 saturated heterocycles. The van der Waals surface area contributed by atoms with Gasteiger partial charge >= 0.3 is 5.97 Å². The molecule has 1 amide bonds. The fourth-order valence-corrected chi connectivity index (χ4v) is 2.72. The lowest BCUT2D eigenvalue weighted by Crippen LogP contribution is -2.41. The highest BCUT2D eigenvalue weighted by Crippen LogP contribution is 2.07. The van der Waals surface area contributed by atoms with Gasteiger partial charge in [-0.05, 0) is 31.4 Å². The van der Waals surface area contributed by atoms with Crippen molar-refractivity contribution < 1.29 is 19.5 Å². The average molecular weight is 316 g/mol. The van der Waals surface area contributed by atoms with Crippen LogP contribution in [0.3, 0.4) is 0 Å². The Kier molecular flexibility index (Phi) is 8.37. The largest absolute Gasteiger partial charge is 0.480 e. The maximum Gasteiger partial charge on any atom is 0.326 e. The molecule has 1 unspecified atom stereocenters. The Morgan fingerprint density at radius 1 is 1.38 bits per heavy atom. The van der Waals surface area contributed by atoms with Crippen molar-refractivity contribution in [1.82, 2.24) is 10.2 Å². The maximum atomic E-state index is 11.8. The lowest BCUT2D eigenvalue weighted by atomic mass is 10.1. The third-order valence-electron chi connectivity index (χ3n) is 3.54. The van der Waals surface area contributed by atoms with Crippen LogP contribution in [0, 0.1) is 0 Å². The van der Waals surface area contributed by atoms with E-state index in [1.807, 2.05) is 6.26 Å². The first-order chi connectivity index (χ1) is 10.0. The van der Waals surface area contributed by atoms with Gasteiger partial charge in [0.2, 0.25) is 5.91 Å². The van der Waals surface area contributed by atoms with Crippen molar-refractivity contribution in [1.29, 1.82) is 0 Å². The number of nitrogens with zero attached hydrogens (tertiary/aromatic N) is 1. The van der Waals surface area contributed by atoms with Crippen LogP contribution in [0.4, 0.5) is 0 Å².